The smallest absolute Gasteiger partial charge is 0.303 e. The second-order valence-electron chi connectivity index (χ2n) is 5.81. The highest BCUT2D eigenvalue weighted by Crippen LogP contribution is 2.40. The number of aliphatic carboxylic acids is 1. The molecule has 0 aromatic carbocycles. The number of carboxylic acids is 1. The van der Waals surface area contributed by atoms with Gasteiger partial charge in [-0.25, -0.2) is 0 Å². The third-order valence-corrected chi connectivity index (χ3v) is 4.52. The van der Waals surface area contributed by atoms with E-state index < -0.39 is 5.97 Å². The third-order valence-electron chi connectivity index (χ3n) is 4.52. The van der Waals surface area contributed by atoms with E-state index in [9.17, 15) is 4.79 Å². The minimum Gasteiger partial charge on any atom is -0.481 e. The van der Waals surface area contributed by atoms with Gasteiger partial charge in [0.15, 0.2) is 0 Å². The van der Waals surface area contributed by atoms with Crippen LogP contribution in [-0.4, -0.2) is 33.0 Å². The minimum atomic E-state index is -0.650. The first-order valence-corrected chi connectivity index (χ1v) is 7.10. The number of nitrogens with zero attached hydrogens (tertiary/aromatic N) is 2. The van der Waals surface area contributed by atoms with Crippen LogP contribution in [0.15, 0.2) is 24.4 Å². The van der Waals surface area contributed by atoms with Crippen LogP contribution in [0.4, 0.5) is 0 Å². The van der Waals surface area contributed by atoms with Crippen LogP contribution in [0.3, 0.4) is 0 Å². The zero-order chi connectivity index (χ0) is 13.2. The zero-order valence-corrected chi connectivity index (χ0v) is 11.0. The highest BCUT2D eigenvalue weighted by Gasteiger charge is 2.40. The van der Waals surface area contributed by atoms with Crippen molar-refractivity contribution >= 4 is 5.97 Å². The molecule has 0 radical (unpaired) electrons. The molecule has 4 heteroatoms. The average Bonchev–Trinajstić information content (AvgIpc) is 2.62. The summed E-state index contributed by atoms with van der Waals surface area (Å²) in [5, 5.41) is 8.94. The van der Waals surface area contributed by atoms with E-state index in [0.29, 0.717) is 24.4 Å². The Bertz CT molecular complexity index is 435. The molecule has 102 valence electrons. The lowest BCUT2D eigenvalue weighted by Crippen LogP contribution is -2.42. The number of hydrogen-bond donors (Lipinski definition) is 1. The molecule has 3 heterocycles. The molecular formula is C15H20N2O2. The molecule has 1 N–H and O–H groups in total. The van der Waals surface area contributed by atoms with E-state index in [4.69, 9.17) is 5.11 Å². The van der Waals surface area contributed by atoms with E-state index in [2.05, 4.69) is 16.0 Å². The van der Waals surface area contributed by atoms with Gasteiger partial charge in [-0.3, -0.25) is 14.7 Å². The van der Waals surface area contributed by atoms with Crippen molar-refractivity contribution in [1.82, 2.24) is 9.88 Å². The SMILES string of the molecule is O=C(O)CC1CC2CCC(C1)N2Cc1ccccn1. The number of carboxylic acid groups (broad SMARTS) is 1. The Kier molecular flexibility index (Phi) is 3.51. The number of rotatable bonds is 4. The van der Waals surface area contributed by atoms with Gasteiger partial charge in [0.05, 0.1) is 5.69 Å². The summed E-state index contributed by atoms with van der Waals surface area (Å²) in [4.78, 5) is 17.8. The van der Waals surface area contributed by atoms with Crippen LogP contribution in [0.2, 0.25) is 0 Å². The maximum atomic E-state index is 10.9. The lowest BCUT2D eigenvalue weighted by Gasteiger charge is -2.38. The van der Waals surface area contributed by atoms with Gasteiger partial charge in [-0.1, -0.05) is 6.07 Å². The van der Waals surface area contributed by atoms with Crippen LogP contribution in [0.25, 0.3) is 0 Å². The standard InChI is InChI=1S/C15H20N2O2/c18-15(19)9-11-7-13-4-5-14(8-11)17(13)10-12-3-1-2-6-16-12/h1-3,6,11,13-14H,4-5,7-10H2,(H,18,19). The van der Waals surface area contributed by atoms with Crippen LogP contribution in [-0.2, 0) is 11.3 Å². The van der Waals surface area contributed by atoms with Gasteiger partial charge in [0.2, 0.25) is 0 Å². The van der Waals surface area contributed by atoms with Gasteiger partial charge in [-0.2, -0.15) is 0 Å². The molecule has 1 aromatic rings. The van der Waals surface area contributed by atoms with E-state index in [0.717, 1.165) is 25.1 Å². The molecule has 2 saturated heterocycles. The fraction of sp³-hybridized carbons (Fsp3) is 0.600. The van der Waals surface area contributed by atoms with Gasteiger partial charge < -0.3 is 5.11 Å². The maximum Gasteiger partial charge on any atom is 0.303 e. The molecule has 2 fully saturated rings. The van der Waals surface area contributed by atoms with E-state index in [1.807, 2.05) is 18.3 Å². The van der Waals surface area contributed by atoms with Crippen molar-refractivity contribution in [2.45, 2.75) is 50.7 Å². The summed E-state index contributed by atoms with van der Waals surface area (Å²) in [6, 6.07) is 7.16. The maximum absolute atomic E-state index is 10.9. The van der Waals surface area contributed by atoms with Crippen molar-refractivity contribution in [3.05, 3.63) is 30.1 Å². The molecule has 1 aromatic heterocycles. The van der Waals surface area contributed by atoms with Crippen molar-refractivity contribution in [1.29, 1.82) is 0 Å². The van der Waals surface area contributed by atoms with Gasteiger partial charge >= 0.3 is 5.97 Å². The quantitative estimate of drug-likeness (QED) is 0.902. The first kappa shape index (κ1) is 12.6. The lowest BCUT2D eigenvalue weighted by molar-refractivity contribution is -0.138. The number of carbonyl (C=O) groups is 1. The average molecular weight is 260 g/mol. The van der Waals surface area contributed by atoms with E-state index in [-0.39, 0.29) is 0 Å². The number of hydrogen-bond acceptors (Lipinski definition) is 3. The van der Waals surface area contributed by atoms with Gasteiger partial charge in [0, 0.05) is 31.2 Å². The van der Waals surface area contributed by atoms with E-state index in [1.165, 1.54) is 12.8 Å². The first-order chi connectivity index (χ1) is 9.22. The zero-order valence-electron chi connectivity index (χ0n) is 11.0. The normalized spacial score (nSPS) is 30.4. The van der Waals surface area contributed by atoms with Gasteiger partial charge in [0.1, 0.15) is 0 Å². The molecular weight excluding hydrogens is 240 g/mol. The van der Waals surface area contributed by atoms with Crippen LogP contribution < -0.4 is 0 Å². The van der Waals surface area contributed by atoms with Crippen molar-refractivity contribution < 1.29 is 9.90 Å². The number of fused-ring (bicyclic) bond motifs is 2. The molecule has 3 rings (SSSR count). The number of pyridine rings is 1. The number of aromatic nitrogens is 1. The van der Waals surface area contributed by atoms with Crippen LogP contribution in [0.1, 0.15) is 37.8 Å². The second kappa shape index (κ2) is 5.29. The summed E-state index contributed by atoms with van der Waals surface area (Å²) >= 11 is 0. The van der Waals surface area contributed by atoms with Crippen LogP contribution >= 0.6 is 0 Å². The van der Waals surface area contributed by atoms with Crippen LogP contribution in [0.5, 0.6) is 0 Å². The van der Waals surface area contributed by atoms with Crippen molar-refractivity contribution in [2.24, 2.45) is 5.92 Å². The predicted molar refractivity (Wildman–Crippen MR) is 71.6 cm³/mol. The largest absolute Gasteiger partial charge is 0.481 e. The monoisotopic (exact) mass is 260 g/mol. The van der Waals surface area contributed by atoms with Crippen molar-refractivity contribution in [3.8, 4) is 0 Å². The summed E-state index contributed by atoms with van der Waals surface area (Å²) in [6.07, 6.45) is 6.69. The summed E-state index contributed by atoms with van der Waals surface area (Å²) in [5.41, 5.74) is 1.12. The summed E-state index contributed by atoms with van der Waals surface area (Å²) in [5.74, 6) is -0.280. The number of piperidine rings is 1. The Morgan fingerprint density at radius 2 is 2.05 bits per heavy atom. The summed E-state index contributed by atoms with van der Waals surface area (Å²) < 4.78 is 0. The minimum absolute atomic E-state index is 0.338. The molecule has 0 spiro atoms. The molecule has 2 aliphatic rings. The molecule has 2 atom stereocenters. The molecule has 2 unspecified atom stereocenters. The molecule has 4 nitrogen and oxygen atoms in total. The lowest BCUT2D eigenvalue weighted by atomic mass is 9.88. The van der Waals surface area contributed by atoms with Gasteiger partial charge in [-0.05, 0) is 43.7 Å². The Labute approximate surface area is 113 Å². The topological polar surface area (TPSA) is 53.4 Å². The molecule has 2 bridgehead atoms. The Hall–Kier alpha value is -1.42. The molecule has 0 amide bonds. The van der Waals surface area contributed by atoms with Gasteiger partial charge in [0.25, 0.3) is 0 Å². The molecule has 2 aliphatic heterocycles. The first-order valence-electron chi connectivity index (χ1n) is 7.10. The van der Waals surface area contributed by atoms with Crippen LogP contribution in [0, 0.1) is 5.92 Å². The second-order valence-corrected chi connectivity index (χ2v) is 5.81. The summed E-state index contributed by atoms with van der Waals surface area (Å²) in [7, 11) is 0. The van der Waals surface area contributed by atoms with Crippen molar-refractivity contribution in [2.75, 3.05) is 0 Å². The Morgan fingerprint density at radius 1 is 1.32 bits per heavy atom. The molecule has 0 aliphatic carbocycles. The van der Waals surface area contributed by atoms with E-state index in [1.54, 1.807) is 0 Å². The third kappa shape index (κ3) is 2.78. The fourth-order valence-corrected chi connectivity index (χ4v) is 3.74. The Morgan fingerprint density at radius 3 is 2.63 bits per heavy atom. The highest BCUT2D eigenvalue weighted by molar-refractivity contribution is 5.67. The van der Waals surface area contributed by atoms with E-state index >= 15 is 0 Å². The van der Waals surface area contributed by atoms with Gasteiger partial charge in [-0.15, -0.1) is 0 Å². The molecule has 19 heavy (non-hydrogen) atoms. The highest BCUT2D eigenvalue weighted by atomic mass is 16.4. The Balaban J connectivity index is 1.65. The molecule has 0 saturated carbocycles. The predicted octanol–water partition coefficient (Wildman–Crippen LogP) is 2.30. The summed E-state index contributed by atoms with van der Waals surface area (Å²) in [6.45, 7) is 0.913. The fourth-order valence-electron chi connectivity index (χ4n) is 3.74. The van der Waals surface area contributed by atoms with Crippen molar-refractivity contribution in [3.63, 3.8) is 0 Å².